The van der Waals surface area contributed by atoms with Gasteiger partial charge in [0, 0.05) is 28.7 Å². The van der Waals surface area contributed by atoms with E-state index in [2.05, 4.69) is 9.71 Å². The number of esters is 1. The van der Waals surface area contributed by atoms with E-state index in [-0.39, 0.29) is 16.4 Å². The van der Waals surface area contributed by atoms with Gasteiger partial charge in [0.25, 0.3) is 0 Å². The third-order valence-electron chi connectivity index (χ3n) is 4.67. The van der Waals surface area contributed by atoms with Gasteiger partial charge in [0.2, 0.25) is 15.8 Å². The minimum Gasteiger partial charge on any atom is -0.495 e. The summed E-state index contributed by atoms with van der Waals surface area (Å²) in [6.07, 6.45) is 3.14. The number of ketones is 1. The average Bonchev–Trinajstić information content (AvgIpc) is 3.21. The maximum absolute atomic E-state index is 12.7. The number of benzene rings is 2. The summed E-state index contributed by atoms with van der Waals surface area (Å²) in [7, 11) is -1.09. The highest BCUT2D eigenvalue weighted by molar-refractivity contribution is 7.89. The van der Waals surface area contributed by atoms with Crippen LogP contribution in [0.2, 0.25) is 0 Å². The van der Waals surface area contributed by atoms with E-state index >= 15 is 0 Å². The van der Waals surface area contributed by atoms with Crippen LogP contribution in [-0.2, 0) is 19.6 Å². The minimum absolute atomic E-state index is 0.0594. The molecular formula is C22H22N2O6S. The Kier molecular flexibility index (Phi) is 6.57. The zero-order valence-electron chi connectivity index (χ0n) is 17.2. The summed E-state index contributed by atoms with van der Waals surface area (Å²) in [5.74, 6) is -0.882. The van der Waals surface area contributed by atoms with Crippen LogP contribution in [0.15, 0.2) is 59.6 Å². The molecule has 0 bridgehead atoms. The number of aromatic amines is 1. The third kappa shape index (κ3) is 4.84. The van der Waals surface area contributed by atoms with Crippen molar-refractivity contribution in [1.82, 2.24) is 9.71 Å². The molecule has 3 aromatic rings. The predicted octanol–water partition coefficient (Wildman–Crippen LogP) is 2.91. The quantitative estimate of drug-likeness (QED) is 0.315. The van der Waals surface area contributed by atoms with E-state index in [0.29, 0.717) is 11.1 Å². The number of methoxy groups -OCH3 is 1. The lowest BCUT2D eigenvalue weighted by Gasteiger charge is -2.11. The second kappa shape index (κ2) is 9.15. The molecule has 1 unspecified atom stereocenters. The smallest absolute Gasteiger partial charge is 0.331 e. The molecule has 1 aromatic heterocycles. The van der Waals surface area contributed by atoms with Crippen LogP contribution >= 0.6 is 0 Å². The summed E-state index contributed by atoms with van der Waals surface area (Å²) in [6.45, 7) is 1.50. The number of nitrogens with one attached hydrogen (secondary N) is 2. The lowest BCUT2D eigenvalue weighted by atomic mass is 10.1. The van der Waals surface area contributed by atoms with Crippen molar-refractivity contribution in [1.29, 1.82) is 0 Å². The van der Waals surface area contributed by atoms with Crippen LogP contribution in [0.1, 0.15) is 22.8 Å². The summed E-state index contributed by atoms with van der Waals surface area (Å²) >= 11 is 0. The minimum atomic E-state index is -3.75. The van der Waals surface area contributed by atoms with Crippen molar-refractivity contribution >= 4 is 38.8 Å². The summed E-state index contributed by atoms with van der Waals surface area (Å²) in [5.41, 5.74) is 1.70. The number of carbonyl (C=O) groups is 2. The molecule has 2 aromatic carbocycles. The van der Waals surface area contributed by atoms with Crippen LogP contribution in [0, 0.1) is 0 Å². The molecule has 0 aliphatic heterocycles. The van der Waals surface area contributed by atoms with Gasteiger partial charge in [0.1, 0.15) is 10.6 Å². The van der Waals surface area contributed by atoms with Gasteiger partial charge in [-0.25, -0.2) is 17.9 Å². The van der Waals surface area contributed by atoms with Crippen LogP contribution in [0.5, 0.6) is 5.75 Å². The van der Waals surface area contributed by atoms with Gasteiger partial charge in [0.15, 0.2) is 6.10 Å². The number of hydrogen-bond donors (Lipinski definition) is 2. The number of carbonyl (C=O) groups excluding carboxylic acids is 2. The zero-order chi connectivity index (χ0) is 22.6. The fourth-order valence-corrected chi connectivity index (χ4v) is 3.97. The number of ether oxygens (including phenoxy) is 2. The molecule has 0 saturated carbocycles. The molecular weight excluding hydrogens is 420 g/mol. The number of aromatic nitrogens is 1. The summed E-state index contributed by atoms with van der Waals surface area (Å²) in [4.78, 5) is 27.8. The van der Waals surface area contributed by atoms with E-state index in [1.54, 1.807) is 12.3 Å². The van der Waals surface area contributed by atoms with Crippen molar-refractivity contribution in [3.63, 3.8) is 0 Å². The second-order valence-corrected chi connectivity index (χ2v) is 8.50. The molecule has 2 N–H and O–H groups in total. The molecule has 31 heavy (non-hydrogen) atoms. The highest BCUT2D eigenvalue weighted by Crippen LogP contribution is 2.25. The maximum atomic E-state index is 12.7. The Morgan fingerprint density at radius 3 is 2.61 bits per heavy atom. The molecule has 1 atom stereocenters. The third-order valence-corrected chi connectivity index (χ3v) is 6.11. The zero-order valence-corrected chi connectivity index (χ0v) is 18.0. The second-order valence-electron chi connectivity index (χ2n) is 6.64. The fraction of sp³-hybridized carbons (Fsp3) is 0.182. The first-order valence-corrected chi connectivity index (χ1v) is 10.9. The number of hydrogen-bond acceptors (Lipinski definition) is 6. The van der Waals surface area contributed by atoms with Crippen LogP contribution in [0.25, 0.3) is 17.0 Å². The van der Waals surface area contributed by atoms with E-state index < -0.39 is 22.1 Å². The maximum Gasteiger partial charge on any atom is 0.331 e. The Bertz CT molecular complexity index is 1260. The van der Waals surface area contributed by atoms with Crippen molar-refractivity contribution in [2.75, 3.05) is 14.2 Å². The van der Waals surface area contributed by atoms with Gasteiger partial charge >= 0.3 is 5.97 Å². The molecule has 0 aliphatic rings. The van der Waals surface area contributed by atoms with E-state index in [1.807, 2.05) is 24.3 Å². The molecule has 8 nitrogen and oxygen atoms in total. The van der Waals surface area contributed by atoms with E-state index in [9.17, 15) is 18.0 Å². The Labute approximate surface area is 179 Å². The van der Waals surface area contributed by atoms with Crippen molar-refractivity contribution < 1.29 is 27.5 Å². The topological polar surface area (TPSA) is 115 Å². The highest BCUT2D eigenvalue weighted by atomic mass is 32.2. The lowest BCUT2D eigenvalue weighted by Crippen LogP contribution is -2.23. The van der Waals surface area contributed by atoms with Crippen LogP contribution in [-0.4, -0.2) is 45.4 Å². The standard InChI is InChI=1S/C22H22N2O6S/c1-14(22(26)17-13-24-18-7-5-4-6-16(17)18)30-21(25)11-9-15-8-10-19(29-3)20(12-15)31(27,28)23-2/h4-14,23-24H,1-3H3/b11-9+. The lowest BCUT2D eigenvalue weighted by molar-refractivity contribution is -0.140. The molecule has 9 heteroatoms. The van der Waals surface area contributed by atoms with Crippen molar-refractivity contribution in [3.05, 3.63) is 65.9 Å². The van der Waals surface area contributed by atoms with Crippen LogP contribution in [0.4, 0.5) is 0 Å². The molecule has 0 amide bonds. The van der Waals surface area contributed by atoms with Gasteiger partial charge in [-0.15, -0.1) is 0 Å². The average molecular weight is 442 g/mol. The first-order chi connectivity index (χ1) is 14.8. The van der Waals surface area contributed by atoms with Gasteiger partial charge in [-0.1, -0.05) is 24.3 Å². The van der Waals surface area contributed by atoms with Gasteiger partial charge in [-0.05, 0) is 43.8 Å². The van der Waals surface area contributed by atoms with Gasteiger partial charge in [-0.2, -0.15) is 0 Å². The van der Waals surface area contributed by atoms with E-state index in [4.69, 9.17) is 9.47 Å². The fourth-order valence-electron chi connectivity index (χ4n) is 3.04. The number of fused-ring (bicyclic) bond motifs is 1. The highest BCUT2D eigenvalue weighted by Gasteiger charge is 2.22. The molecule has 3 rings (SSSR count). The molecule has 0 saturated heterocycles. The molecule has 0 radical (unpaired) electrons. The first-order valence-electron chi connectivity index (χ1n) is 9.37. The number of sulfonamides is 1. The summed E-state index contributed by atoms with van der Waals surface area (Å²) < 4.78 is 36.8. The van der Waals surface area contributed by atoms with Gasteiger partial charge in [-0.3, -0.25) is 4.79 Å². The molecule has 0 fully saturated rings. The first kappa shape index (κ1) is 22.3. The summed E-state index contributed by atoms with van der Waals surface area (Å²) in [6, 6.07) is 11.8. The Balaban J connectivity index is 1.73. The molecule has 1 heterocycles. The number of para-hydroxylation sites is 1. The van der Waals surface area contributed by atoms with E-state index in [0.717, 1.165) is 17.0 Å². The molecule has 0 spiro atoms. The Morgan fingerprint density at radius 2 is 1.90 bits per heavy atom. The SMILES string of the molecule is CNS(=O)(=O)c1cc(/C=C/C(=O)OC(C)C(=O)c2c[nH]c3ccccc23)ccc1OC. The normalized spacial score (nSPS) is 12.7. The predicted molar refractivity (Wildman–Crippen MR) is 116 cm³/mol. The Hall–Kier alpha value is -3.43. The van der Waals surface area contributed by atoms with Crippen molar-refractivity contribution in [3.8, 4) is 5.75 Å². The Morgan fingerprint density at radius 1 is 1.16 bits per heavy atom. The van der Waals surface area contributed by atoms with Crippen molar-refractivity contribution in [2.24, 2.45) is 0 Å². The molecule has 0 aliphatic carbocycles. The van der Waals surface area contributed by atoms with Gasteiger partial charge < -0.3 is 14.5 Å². The monoisotopic (exact) mass is 442 g/mol. The van der Waals surface area contributed by atoms with Crippen LogP contribution < -0.4 is 9.46 Å². The van der Waals surface area contributed by atoms with Crippen molar-refractivity contribution in [2.45, 2.75) is 17.9 Å². The molecule has 162 valence electrons. The number of rotatable bonds is 8. The largest absolute Gasteiger partial charge is 0.495 e. The van der Waals surface area contributed by atoms with Gasteiger partial charge in [0.05, 0.1) is 7.11 Å². The summed E-state index contributed by atoms with van der Waals surface area (Å²) in [5, 5.41) is 0.752. The van der Waals surface area contributed by atoms with E-state index in [1.165, 1.54) is 39.3 Å². The van der Waals surface area contributed by atoms with Crippen LogP contribution in [0.3, 0.4) is 0 Å². The number of H-pyrrole nitrogens is 1. The number of Topliss-reactive ketones (excluding diaryl/α,β-unsaturated/α-hetero) is 1.